The molecular formula is C24H25N3O3S. The summed E-state index contributed by atoms with van der Waals surface area (Å²) in [5.74, 6) is 0.173. The van der Waals surface area contributed by atoms with Gasteiger partial charge in [0.05, 0.1) is 18.7 Å². The van der Waals surface area contributed by atoms with E-state index in [0.29, 0.717) is 23.0 Å². The molecule has 2 aromatic carbocycles. The predicted molar refractivity (Wildman–Crippen MR) is 122 cm³/mol. The second kappa shape index (κ2) is 9.31. The molecule has 4 rings (SSSR count). The van der Waals surface area contributed by atoms with Crippen LogP contribution in [0.2, 0.25) is 0 Å². The van der Waals surface area contributed by atoms with Crippen LogP contribution in [0.5, 0.6) is 5.75 Å². The van der Waals surface area contributed by atoms with Gasteiger partial charge in [0.2, 0.25) is 5.91 Å². The highest BCUT2D eigenvalue weighted by Crippen LogP contribution is 2.37. The summed E-state index contributed by atoms with van der Waals surface area (Å²) in [6.07, 6.45) is 2.58. The minimum atomic E-state index is -0.280. The van der Waals surface area contributed by atoms with Gasteiger partial charge in [-0.1, -0.05) is 29.8 Å². The summed E-state index contributed by atoms with van der Waals surface area (Å²) in [5.41, 5.74) is 3.59. The number of aromatic nitrogens is 1. The molecule has 0 bridgehead atoms. The molecule has 1 unspecified atom stereocenters. The summed E-state index contributed by atoms with van der Waals surface area (Å²) in [7, 11) is 1.59. The molecule has 3 aromatic rings. The van der Waals surface area contributed by atoms with Crippen molar-refractivity contribution in [2.75, 3.05) is 12.4 Å². The molecule has 1 aliphatic rings. The zero-order valence-electron chi connectivity index (χ0n) is 17.6. The Morgan fingerprint density at radius 1 is 1.13 bits per heavy atom. The van der Waals surface area contributed by atoms with Crippen LogP contribution in [-0.4, -0.2) is 23.9 Å². The van der Waals surface area contributed by atoms with Crippen molar-refractivity contribution in [3.05, 3.63) is 75.8 Å². The first-order valence-electron chi connectivity index (χ1n) is 10.3. The number of carbonyl (C=O) groups is 2. The van der Waals surface area contributed by atoms with Crippen molar-refractivity contribution in [2.45, 2.75) is 38.6 Å². The van der Waals surface area contributed by atoms with Crippen LogP contribution in [0.25, 0.3) is 0 Å². The van der Waals surface area contributed by atoms with E-state index in [-0.39, 0.29) is 17.7 Å². The molecule has 1 aliphatic carbocycles. The van der Waals surface area contributed by atoms with Crippen LogP contribution >= 0.6 is 11.3 Å². The Morgan fingerprint density at radius 2 is 1.87 bits per heavy atom. The van der Waals surface area contributed by atoms with Gasteiger partial charge in [-0.3, -0.25) is 14.9 Å². The van der Waals surface area contributed by atoms with Gasteiger partial charge in [0.1, 0.15) is 5.75 Å². The molecule has 160 valence electrons. The Kier molecular flexibility index (Phi) is 6.32. The maximum atomic E-state index is 12.9. The predicted octanol–water partition coefficient (Wildman–Crippen LogP) is 4.45. The van der Waals surface area contributed by atoms with Crippen molar-refractivity contribution in [1.82, 2.24) is 10.3 Å². The number of ether oxygens (including phenoxy) is 1. The quantitative estimate of drug-likeness (QED) is 0.600. The summed E-state index contributed by atoms with van der Waals surface area (Å²) in [5, 5.41) is 6.45. The highest BCUT2D eigenvalue weighted by atomic mass is 32.1. The number of rotatable bonds is 6. The first kappa shape index (κ1) is 21.1. The fraction of sp³-hybridized carbons (Fsp3) is 0.292. The lowest BCUT2D eigenvalue weighted by molar-refractivity contribution is -0.123. The zero-order chi connectivity index (χ0) is 21.8. The highest BCUT2D eigenvalue weighted by Gasteiger charge is 2.30. The molecule has 1 atom stereocenters. The lowest BCUT2D eigenvalue weighted by Crippen LogP contribution is -2.31. The molecule has 0 saturated carbocycles. The zero-order valence-corrected chi connectivity index (χ0v) is 18.4. The van der Waals surface area contributed by atoms with Gasteiger partial charge in [-0.05, 0) is 56.0 Å². The molecular weight excluding hydrogens is 410 g/mol. The number of aryl methyl sites for hydroxylation is 2. The molecule has 7 heteroatoms. The van der Waals surface area contributed by atoms with Gasteiger partial charge >= 0.3 is 0 Å². The van der Waals surface area contributed by atoms with Crippen molar-refractivity contribution in [1.29, 1.82) is 0 Å². The molecule has 2 N–H and O–H groups in total. The molecule has 31 heavy (non-hydrogen) atoms. The first-order chi connectivity index (χ1) is 15.0. The lowest BCUT2D eigenvalue weighted by atomic mass is 9.90. The van der Waals surface area contributed by atoms with Gasteiger partial charge in [0.25, 0.3) is 5.91 Å². The lowest BCUT2D eigenvalue weighted by Gasteiger charge is -2.20. The molecule has 0 spiro atoms. The number of thiazole rings is 1. The normalized spacial score (nSPS) is 15.1. The molecule has 0 saturated heterocycles. The van der Waals surface area contributed by atoms with Crippen molar-refractivity contribution >= 4 is 28.3 Å². The molecule has 1 aromatic heterocycles. The van der Waals surface area contributed by atoms with Crippen LogP contribution in [0.1, 0.15) is 50.8 Å². The Morgan fingerprint density at radius 3 is 2.58 bits per heavy atom. The summed E-state index contributed by atoms with van der Waals surface area (Å²) in [6, 6.07) is 15.0. The smallest absolute Gasteiger partial charge is 0.257 e. The van der Waals surface area contributed by atoms with Crippen LogP contribution in [0.15, 0.2) is 48.5 Å². The summed E-state index contributed by atoms with van der Waals surface area (Å²) in [4.78, 5) is 31.1. The van der Waals surface area contributed by atoms with E-state index in [1.807, 2.05) is 31.2 Å². The molecule has 2 amide bonds. The maximum absolute atomic E-state index is 12.9. The van der Waals surface area contributed by atoms with Gasteiger partial charge in [-0.15, -0.1) is 11.3 Å². The van der Waals surface area contributed by atoms with E-state index in [1.165, 1.54) is 16.9 Å². The second-order valence-electron chi connectivity index (χ2n) is 7.66. The number of anilines is 1. The van der Waals surface area contributed by atoms with Crippen molar-refractivity contribution in [3.8, 4) is 5.75 Å². The number of benzene rings is 2. The highest BCUT2D eigenvalue weighted by molar-refractivity contribution is 7.16. The first-order valence-corrected chi connectivity index (χ1v) is 11.1. The van der Waals surface area contributed by atoms with Crippen molar-refractivity contribution in [2.24, 2.45) is 0 Å². The topological polar surface area (TPSA) is 80.3 Å². The van der Waals surface area contributed by atoms with E-state index in [9.17, 15) is 9.59 Å². The third-order valence-electron chi connectivity index (χ3n) is 5.43. The summed E-state index contributed by atoms with van der Waals surface area (Å²) < 4.78 is 5.13. The molecule has 6 nitrogen and oxygen atoms in total. The van der Waals surface area contributed by atoms with Crippen LogP contribution in [0.3, 0.4) is 0 Å². The number of amides is 2. The van der Waals surface area contributed by atoms with Crippen LogP contribution in [0.4, 0.5) is 5.13 Å². The van der Waals surface area contributed by atoms with E-state index in [4.69, 9.17) is 4.74 Å². The van der Waals surface area contributed by atoms with E-state index in [0.717, 1.165) is 35.4 Å². The van der Waals surface area contributed by atoms with Crippen LogP contribution in [-0.2, 0) is 17.8 Å². The fourth-order valence-corrected chi connectivity index (χ4v) is 4.72. The fourth-order valence-electron chi connectivity index (χ4n) is 3.66. The van der Waals surface area contributed by atoms with E-state index < -0.39 is 0 Å². The molecule has 0 radical (unpaired) electrons. The minimum Gasteiger partial charge on any atom is -0.497 e. The number of carbonyl (C=O) groups excluding carboxylic acids is 2. The molecule has 0 fully saturated rings. The number of hydrogen-bond acceptors (Lipinski definition) is 5. The number of nitrogens with zero attached hydrogens (tertiary/aromatic N) is 1. The molecule has 1 heterocycles. The average molecular weight is 436 g/mol. The van der Waals surface area contributed by atoms with Gasteiger partial charge in [-0.2, -0.15) is 0 Å². The second-order valence-corrected chi connectivity index (χ2v) is 8.74. The van der Waals surface area contributed by atoms with Gasteiger partial charge in [-0.25, -0.2) is 4.98 Å². The number of nitrogens with one attached hydrogen (secondary N) is 2. The van der Waals surface area contributed by atoms with Crippen molar-refractivity contribution < 1.29 is 14.3 Å². The third-order valence-corrected chi connectivity index (χ3v) is 6.48. The average Bonchev–Trinajstić information content (AvgIpc) is 3.21. The van der Waals surface area contributed by atoms with Gasteiger partial charge in [0.15, 0.2) is 5.13 Å². The minimum absolute atomic E-state index is 0.0140. The van der Waals surface area contributed by atoms with Crippen molar-refractivity contribution in [3.63, 3.8) is 0 Å². The number of methoxy groups -OCH3 is 1. The standard InChI is InChI=1S/C24H25N3O3S/c1-15-6-8-16(9-7-15)14-25-23(29)19-4-3-5-20-21(19)26-24(31-20)27-22(28)17-10-12-18(30-2)13-11-17/h6-13,19H,3-5,14H2,1-2H3,(H,25,29)(H,26,27,28). The van der Waals surface area contributed by atoms with E-state index >= 15 is 0 Å². The third kappa shape index (κ3) is 4.94. The van der Waals surface area contributed by atoms with E-state index in [2.05, 4.69) is 15.6 Å². The Bertz CT molecular complexity index is 1070. The van der Waals surface area contributed by atoms with Gasteiger partial charge < -0.3 is 10.1 Å². The SMILES string of the molecule is COc1ccc(C(=O)Nc2nc3c(s2)CCCC3C(=O)NCc2ccc(C)cc2)cc1. The Labute approximate surface area is 185 Å². The van der Waals surface area contributed by atoms with Gasteiger partial charge in [0, 0.05) is 17.0 Å². The number of hydrogen-bond donors (Lipinski definition) is 2. The van der Waals surface area contributed by atoms with E-state index in [1.54, 1.807) is 31.4 Å². The molecule has 0 aliphatic heterocycles. The summed E-state index contributed by atoms with van der Waals surface area (Å²) in [6.45, 7) is 2.54. The Balaban J connectivity index is 1.43. The largest absolute Gasteiger partial charge is 0.497 e. The monoisotopic (exact) mass is 435 g/mol. The maximum Gasteiger partial charge on any atom is 0.257 e. The summed E-state index contributed by atoms with van der Waals surface area (Å²) >= 11 is 1.46. The van der Waals surface area contributed by atoms with Crippen LogP contribution in [0, 0.1) is 6.92 Å². The van der Waals surface area contributed by atoms with Crippen LogP contribution < -0.4 is 15.4 Å². The number of fused-ring (bicyclic) bond motifs is 1. The Hall–Kier alpha value is -3.19.